The number of hydrogen-bond donors (Lipinski definition) is 3. The first-order chi connectivity index (χ1) is 12.8. The van der Waals surface area contributed by atoms with Crippen LogP contribution in [0.2, 0.25) is 0 Å². The van der Waals surface area contributed by atoms with Crippen molar-refractivity contribution >= 4 is 29.4 Å². The molecule has 1 aromatic carbocycles. The number of benzene rings is 1. The molecule has 2 amide bonds. The van der Waals surface area contributed by atoms with Crippen LogP contribution in [0, 0.1) is 10.1 Å². The van der Waals surface area contributed by atoms with E-state index in [1.165, 1.54) is 20.8 Å². The molecule has 0 aromatic heterocycles. The third-order valence-corrected chi connectivity index (χ3v) is 3.89. The molecular weight excluding hydrogens is 374 g/mol. The number of primary amides is 1. The van der Waals surface area contributed by atoms with E-state index >= 15 is 0 Å². The number of rotatable bonds is 8. The molecule has 0 spiro atoms. The van der Waals surface area contributed by atoms with Gasteiger partial charge in [-0.25, -0.2) is 9.59 Å². The van der Waals surface area contributed by atoms with Crippen LogP contribution in [0.15, 0.2) is 18.2 Å². The number of hydrogen-bond acceptors (Lipinski definition) is 6. The highest BCUT2D eigenvalue weighted by Gasteiger charge is 2.40. The molecule has 152 valence electrons. The Morgan fingerprint density at radius 1 is 1.21 bits per heavy atom. The number of nitrogens with two attached hydrogens (primary N) is 1. The normalized spacial score (nSPS) is 12.1. The van der Waals surface area contributed by atoms with E-state index in [0.717, 1.165) is 23.1 Å². The van der Waals surface area contributed by atoms with Crippen LogP contribution in [0.3, 0.4) is 0 Å². The van der Waals surface area contributed by atoms with Gasteiger partial charge in [0.2, 0.25) is 5.91 Å². The fraction of sp³-hybridized carbons (Fsp3) is 0.412. The zero-order valence-corrected chi connectivity index (χ0v) is 15.5. The Hall–Kier alpha value is -3.50. The van der Waals surface area contributed by atoms with Crippen molar-refractivity contribution < 1.29 is 34.3 Å². The maximum Gasteiger partial charge on any atom is 0.343 e. The maximum absolute atomic E-state index is 13.1. The average Bonchev–Trinajstić information content (AvgIpc) is 2.55. The molecule has 0 radical (unpaired) electrons. The number of carboxylic acid groups (broad SMARTS) is 2. The molecule has 0 bridgehead atoms. The van der Waals surface area contributed by atoms with Gasteiger partial charge in [0.15, 0.2) is 0 Å². The number of nitro benzene ring substituents is 1. The Bertz CT molecular complexity index is 828. The first kappa shape index (κ1) is 22.5. The highest BCUT2D eigenvalue weighted by atomic mass is 16.6. The molecule has 0 unspecified atom stereocenters. The van der Waals surface area contributed by atoms with Crippen molar-refractivity contribution in [1.29, 1.82) is 0 Å². The molecule has 28 heavy (non-hydrogen) atoms. The van der Waals surface area contributed by atoms with Gasteiger partial charge in [0.05, 0.1) is 10.5 Å². The molecular formula is C17H21N3O8. The SMILES string of the molecule is CC(C)(C)N(C(=O)c1cccc([N+](=O)[O-])c1C(=O)O)[C@H](CCC(N)=O)C(=O)O. The van der Waals surface area contributed by atoms with Crippen molar-refractivity contribution in [3.63, 3.8) is 0 Å². The van der Waals surface area contributed by atoms with E-state index in [0.29, 0.717) is 0 Å². The van der Waals surface area contributed by atoms with Gasteiger partial charge >= 0.3 is 11.9 Å². The van der Waals surface area contributed by atoms with Gasteiger partial charge in [0, 0.05) is 18.0 Å². The highest BCUT2D eigenvalue weighted by molar-refractivity contribution is 6.08. The molecule has 1 aromatic rings. The van der Waals surface area contributed by atoms with E-state index in [4.69, 9.17) is 5.73 Å². The molecule has 0 fully saturated rings. The molecule has 1 rings (SSSR count). The first-order valence-corrected chi connectivity index (χ1v) is 8.14. The average molecular weight is 395 g/mol. The summed E-state index contributed by atoms with van der Waals surface area (Å²) < 4.78 is 0. The maximum atomic E-state index is 13.1. The minimum atomic E-state index is -1.70. The van der Waals surface area contributed by atoms with Gasteiger partial charge in [-0.05, 0) is 33.3 Å². The van der Waals surface area contributed by atoms with E-state index < -0.39 is 57.1 Å². The van der Waals surface area contributed by atoms with Gasteiger partial charge in [0.25, 0.3) is 11.6 Å². The molecule has 0 aliphatic rings. The van der Waals surface area contributed by atoms with Gasteiger partial charge < -0.3 is 20.8 Å². The number of carbonyl (C=O) groups is 4. The van der Waals surface area contributed by atoms with Crippen LogP contribution in [0.5, 0.6) is 0 Å². The molecule has 0 aliphatic carbocycles. The van der Waals surface area contributed by atoms with Crippen LogP contribution in [0.1, 0.15) is 54.3 Å². The summed E-state index contributed by atoms with van der Waals surface area (Å²) in [7, 11) is 0. The van der Waals surface area contributed by atoms with Crippen molar-refractivity contribution in [1.82, 2.24) is 4.90 Å². The van der Waals surface area contributed by atoms with Gasteiger partial charge in [-0.15, -0.1) is 0 Å². The first-order valence-electron chi connectivity index (χ1n) is 8.14. The summed E-state index contributed by atoms with van der Waals surface area (Å²) >= 11 is 0. The van der Waals surface area contributed by atoms with Crippen molar-refractivity contribution in [2.24, 2.45) is 5.73 Å². The summed E-state index contributed by atoms with van der Waals surface area (Å²) in [4.78, 5) is 58.7. The lowest BCUT2D eigenvalue weighted by molar-refractivity contribution is -0.385. The van der Waals surface area contributed by atoms with Gasteiger partial charge in [-0.2, -0.15) is 0 Å². The molecule has 0 saturated heterocycles. The summed E-state index contributed by atoms with van der Waals surface area (Å²) in [6, 6.07) is 1.65. The molecule has 4 N–H and O–H groups in total. The number of aliphatic carboxylic acids is 1. The topological polar surface area (TPSA) is 181 Å². The quantitative estimate of drug-likeness (QED) is 0.434. The Morgan fingerprint density at radius 3 is 2.18 bits per heavy atom. The van der Waals surface area contributed by atoms with Crippen molar-refractivity contribution in [2.75, 3.05) is 0 Å². The second kappa shape index (κ2) is 8.46. The summed E-state index contributed by atoms with van der Waals surface area (Å²) in [5.41, 5.74) is 1.79. The number of nitrogens with zero attached hydrogens (tertiary/aromatic N) is 2. The zero-order chi connectivity index (χ0) is 21.8. The predicted molar refractivity (Wildman–Crippen MR) is 95.8 cm³/mol. The second-order valence-corrected chi connectivity index (χ2v) is 6.97. The van der Waals surface area contributed by atoms with Crippen molar-refractivity contribution in [2.45, 2.75) is 45.2 Å². The molecule has 0 heterocycles. The number of aromatic carboxylic acids is 1. The van der Waals surface area contributed by atoms with E-state index in [-0.39, 0.29) is 12.8 Å². The van der Waals surface area contributed by atoms with Crippen LogP contribution in [0.4, 0.5) is 5.69 Å². The van der Waals surface area contributed by atoms with Crippen molar-refractivity contribution in [3.05, 3.63) is 39.4 Å². The lowest BCUT2D eigenvalue weighted by Gasteiger charge is -2.40. The minimum Gasteiger partial charge on any atom is -0.480 e. The molecule has 0 saturated carbocycles. The minimum absolute atomic E-state index is 0.301. The van der Waals surface area contributed by atoms with E-state index in [1.807, 2.05) is 0 Å². The number of amides is 2. The van der Waals surface area contributed by atoms with Gasteiger partial charge in [-0.1, -0.05) is 6.07 Å². The Kier molecular flexibility index (Phi) is 6.81. The summed E-state index contributed by atoms with van der Waals surface area (Å²) in [6.45, 7) is 4.55. The number of carbonyl (C=O) groups excluding carboxylic acids is 2. The van der Waals surface area contributed by atoms with Crippen LogP contribution >= 0.6 is 0 Å². The molecule has 1 atom stereocenters. The molecule has 11 heteroatoms. The van der Waals surface area contributed by atoms with E-state index in [9.17, 15) is 39.5 Å². The summed E-state index contributed by atoms with van der Waals surface area (Å²) in [5.74, 6) is -4.92. The van der Waals surface area contributed by atoms with Crippen molar-refractivity contribution in [3.8, 4) is 0 Å². The van der Waals surface area contributed by atoms with E-state index in [2.05, 4.69) is 0 Å². The number of carboxylic acids is 2. The lowest BCUT2D eigenvalue weighted by atomic mass is 9.95. The summed E-state index contributed by atoms with van der Waals surface area (Å²) in [6.07, 6.45) is -0.622. The Labute approximate surface area is 159 Å². The number of nitro groups is 1. The summed E-state index contributed by atoms with van der Waals surface area (Å²) in [5, 5.41) is 30.1. The molecule has 11 nitrogen and oxygen atoms in total. The monoisotopic (exact) mass is 395 g/mol. The predicted octanol–water partition coefficient (Wildman–Crippen LogP) is 1.25. The fourth-order valence-electron chi connectivity index (χ4n) is 2.78. The second-order valence-electron chi connectivity index (χ2n) is 6.97. The highest BCUT2D eigenvalue weighted by Crippen LogP contribution is 2.28. The zero-order valence-electron chi connectivity index (χ0n) is 15.5. The van der Waals surface area contributed by atoms with E-state index in [1.54, 1.807) is 0 Å². The van der Waals surface area contributed by atoms with Crippen LogP contribution in [-0.4, -0.2) is 55.4 Å². The van der Waals surface area contributed by atoms with Crippen LogP contribution in [-0.2, 0) is 9.59 Å². The van der Waals surface area contributed by atoms with Gasteiger partial charge in [-0.3, -0.25) is 19.7 Å². The third-order valence-electron chi connectivity index (χ3n) is 3.89. The van der Waals surface area contributed by atoms with Crippen LogP contribution < -0.4 is 5.73 Å². The fourth-order valence-corrected chi connectivity index (χ4v) is 2.78. The van der Waals surface area contributed by atoms with Crippen LogP contribution in [0.25, 0.3) is 0 Å². The Balaban J connectivity index is 3.61. The lowest BCUT2D eigenvalue weighted by Crippen LogP contribution is -2.55. The molecule has 0 aliphatic heterocycles. The van der Waals surface area contributed by atoms with Gasteiger partial charge in [0.1, 0.15) is 11.6 Å². The largest absolute Gasteiger partial charge is 0.480 e. The third kappa shape index (κ3) is 5.02. The Morgan fingerprint density at radius 2 is 1.79 bits per heavy atom. The standard InChI is InChI=1S/C17H21N3O8/c1-17(2,3)19(11(15(23)24)7-8-12(18)21)14(22)9-5-4-6-10(20(27)28)13(9)16(25)26/h4-6,11H,7-8H2,1-3H3,(H2,18,21)(H,23,24)(H,25,26)/t11-/m1/s1. The smallest absolute Gasteiger partial charge is 0.343 e.